The number of amides is 1. The Bertz CT molecular complexity index is 431. The minimum Gasteiger partial charge on any atom is -0.378 e. The second-order valence-corrected chi connectivity index (χ2v) is 5.84. The molecule has 2 N–H and O–H groups in total. The number of benzene rings is 1. The van der Waals surface area contributed by atoms with Gasteiger partial charge >= 0.3 is 0 Å². The van der Waals surface area contributed by atoms with Gasteiger partial charge in [-0.2, -0.15) is 0 Å². The van der Waals surface area contributed by atoms with Crippen molar-refractivity contribution in [1.82, 2.24) is 0 Å². The van der Waals surface area contributed by atoms with Gasteiger partial charge in [0, 0.05) is 16.1 Å². The quantitative estimate of drug-likeness (QED) is 0.809. The molecule has 1 atom stereocenters. The highest BCUT2D eigenvalue weighted by Crippen LogP contribution is 2.34. The van der Waals surface area contributed by atoms with Crippen molar-refractivity contribution < 1.29 is 9.90 Å². The van der Waals surface area contributed by atoms with Crippen LogP contribution in [0.3, 0.4) is 0 Å². The number of hydrogen-bond acceptors (Lipinski definition) is 3. The highest BCUT2D eigenvalue weighted by Gasteiger charge is 2.28. The Morgan fingerprint density at radius 3 is 2.94 bits per heavy atom. The number of aliphatic hydroxyl groups is 1. The molecule has 1 aromatic rings. The molecule has 1 amide bonds. The van der Waals surface area contributed by atoms with E-state index < -0.39 is 6.10 Å². The summed E-state index contributed by atoms with van der Waals surface area (Å²) in [6.07, 6.45) is 0.177. The summed E-state index contributed by atoms with van der Waals surface area (Å²) < 4.78 is 0. The first-order valence-corrected chi connectivity index (χ1v) is 6.82. The van der Waals surface area contributed by atoms with Crippen molar-refractivity contribution in [3.8, 4) is 0 Å². The third kappa shape index (κ3) is 2.82. The fourth-order valence-electron chi connectivity index (χ4n) is 1.73. The van der Waals surface area contributed by atoms with E-state index in [9.17, 15) is 9.90 Å². The first kappa shape index (κ1) is 12.5. The molecule has 0 fully saturated rings. The molecular formula is C13H17NO2S. The number of fused-ring (bicyclic) bond motifs is 1. The van der Waals surface area contributed by atoms with Gasteiger partial charge in [0.15, 0.2) is 6.10 Å². The maximum atomic E-state index is 11.3. The maximum absolute atomic E-state index is 11.3. The van der Waals surface area contributed by atoms with E-state index in [-0.39, 0.29) is 5.91 Å². The van der Waals surface area contributed by atoms with Crippen molar-refractivity contribution in [3.63, 3.8) is 0 Å². The first-order valence-electron chi connectivity index (χ1n) is 5.83. The van der Waals surface area contributed by atoms with E-state index in [2.05, 4.69) is 19.2 Å². The topological polar surface area (TPSA) is 49.3 Å². The molecule has 0 aromatic heterocycles. The van der Waals surface area contributed by atoms with Crippen molar-refractivity contribution in [2.24, 2.45) is 5.92 Å². The number of aliphatic hydroxyl groups excluding tert-OH is 1. The van der Waals surface area contributed by atoms with Crippen LogP contribution in [0.25, 0.3) is 0 Å². The molecule has 0 aliphatic carbocycles. The van der Waals surface area contributed by atoms with Crippen LogP contribution in [0, 0.1) is 5.92 Å². The lowest BCUT2D eigenvalue weighted by Crippen LogP contribution is -2.10. The summed E-state index contributed by atoms with van der Waals surface area (Å²) >= 11 is 1.78. The van der Waals surface area contributed by atoms with Crippen LogP contribution in [-0.2, 0) is 4.79 Å². The molecule has 4 heteroatoms. The standard InChI is InChI=1S/C13H17NO2S/c1-8(2)5-6-17-9-3-4-10-11(7-9)14-13(16)12(10)15/h3-4,7-8,12,15H,5-6H2,1-2H3,(H,14,16). The average molecular weight is 251 g/mol. The minimum atomic E-state index is -1.00. The minimum absolute atomic E-state index is 0.329. The molecule has 1 aromatic carbocycles. The van der Waals surface area contributed by atoms with Crippen LogP contribution >= 0.6 is 11.8 Å². The van der Waals surface area contributed by atoms with Crippen LogP contribution in [-0.4, -0.2) is 16.8 Å². The van der Waals surface area contributed by atoms with E-state index >= 15 is 0 Å². The van der Waals surface area contributed by atoms with E-state index in [1.54, 1.807) is 11.8 Å². The molecule has 92 valence electrons. The Labute approximate surface area is 106 Å². The van der Waals surface area contributed by atoms with Crippen molar-refractivity contribution in [1.29, 1.82) is 0 Å². The van der Waals surface area contributed by atoms with Crippen LogP contribution in [0.2, 0.25) is 0 Å². The zero-order valence-electron chi connectivity index (χ0n) is 10.1. The predicted molar refractivity (Wildman–Crippen MR) is 70.2 cm³/mol. The summed E-state index contributed by atoms with van der Waals surface area (Å²) in [4.78, 5) is 12.4. The lowest BCUT2D eigenvalue weighted by atomic mass is 10.1. The van der Waals surface area contributed by atoms with Gasteiger partial charge in [0.25, 0.3) is 5.91 Å². The molecule has 3 nitrogen and oxygen atoms in total. The molecule has 0 bridgehead atoms. The Morgan fingerprint density at radius 2 is 2.24 bits per heavy atom. The lowest BCUT2D eigenvalue weighted by Gasteiger charge is -2.06. The second kappa shape index (κ2) is 5.10. The summed E-state index contributed by atoms with van der Waals surface area (Å²) in [5, 5.41) is 12.3. The molecule has 1 aliphatic heterocycles. The van der Waals surface area contributed by atoms with Crippen LogP contribution < -0.4 is 5.32 Å². The van der Waals surface area contributed by atoms with Gasteiger partial charge in [0.05, 0.1) is 0 Å². The number of carbonyl (C=O) groups excluding carboxylic acids is 1. The molecule has 0 radical (unpaired) electrons. The number of nitrogens with one attached hydrogen (secondary N) is 1. The van der Waals surface area contributed by atoms with Crippen molar-refractivity contribution in [2.75, 3.05) is 11.1 Å². The maximum Gasteiger partial charge on any atom is 0.257 e. The molecule has 1 aliphatic rings. The summed E-state index contributed by atoms with van der Waals surface area (Å²) in [7, 11) is 0. The summed E-state index contributed by atoms with van der Waals surface area (Å²) in [6, 6.07) is 5.73. The summed E-state index contributed by atoms with van der Waals surface area (Å²) in [5.41, 5.74) is 1.43. The molecule has 0 saturated carbocycles. The van der Waals surface area contributed by atoms with Crippen molar-refractivity contribution >= 4 is 23.4 Å². The number of anilines is 1. The van der Waals surface area contributed by atoms with Crippen LogP contribution in [0.1, 0.15) is 31.9 Å². The highest BCUT2D eigenvalue weighted by atomic mass is 32.2. The van der Waals surface area contributed by atoms with Gasteiger partial charge < -0.3 is 10.4 Å². The zero-order chi connectivity index (χ0) is 12.4. The van der Waals surface area contributed by atoms with E-state index in [4.69, 9.17) is 0 Å². The molecule has 1 unspecified atom stereocenters. The first-order chi connectivity index (χ1) is 8.08. The normalized spacial score (nSPS) is 18.4. The fraction of sp³-hybridized carbons (Fsp3) is 0.462. The Hall–Kier alpha value is -1.00. The van der Waals surface area contributed by atoms with E-state index in [0.29, 0.717) is 11.5 Å². The largest absolute Gasteiger partial charge is 0.378 e. The Kier molecular flexibility index (Phi) is 3.74. The van der Waals surface area contributed by atoms with Crippen LogP contribution in [0.5, 0.6) is 0 Å². The molecule has 0 saturated heterocycles. The van der Waals surface area contributed by atoms with Gasteiger partial charge in [-0.25, -0.2) is 0 Å². The zero-order valence-corrected chi connectivity index (χ0v) is 10.9. The van der Waals surface area contributed by atoms with Gasteiger partial charge in [-0.1, -0.05) is 19.9 Å². The average Bonchev–Trinajstić information content (AvgIpc) is 2.54. The third-order valence-electron chi connectivity index (χ3n) is 2.79. The lowest BCUT2D eigenvalue weighted by molar-refractivity contribution is -0.123. The predicted octanol–water partition coefficient (Wildman–Crippen LogP) is 2.81. The third-order valence-corrected chi connectivity index (χ3v) is 3.82. The highest BCUT2D eigenvalue weighted by molar-refractivity contribution is 7.99. The van der Waals surface area contributed by atoms with E-state index in [1.807, 2.05) is 18.2 Å². The van der Waals surface area contributed by atoms with Gasteiger partial charge in [0.1, 0.15) is 0 Å². The Morgan fingerprint density at radius 1 is 1.47 bits per heavy atom. The number of hydrogen-bond donors (Lipinski definition) is 2. The number of carbonyl (C=O) groups is 1. The molecule has 2 rings (SSSR count). The molecular weight excluding hydrogens is 234 g/mol. The molecule has 17 heavy (non-hydrogen) atoms. The van der Waals surface area contributed by atoms with E-state index in [1.165, 1.54) is 6.42 Å². The van der Waals surface area contributed by atoms with Gasteiger partial charge in [0.2, 0.25) is 0 Å². The van der Waals surface area contributed by atoms with Gasteiger partial charge in [-0.3, -0.25) is 4.79 Å². The fourth-order valence-corrected chi connectivity index (χ4v) is 2.92. The van der Waals surface area contributed by atoms with Gasteiger partial charge in [-0.05, 0) is 30.2 Å². The van der Waals surface area contributed by atoms with Crippen molar-refractivity contribution in [2.45, 2.75) is 31.3 Å². The molecule has 0 spiro atoms. The van der Waals surface area contributed by atoms with Crippen molar-refractivity contribution in [3.05, 3.63) is 23.8 Å². The summed E-state index contributed by atoms with van der Waals surface area (Å²) in [6.45, 7) is 4.42. The molecule has 1 heterocycles. The number of thioether (sulfide) groups is 1. The van der Waals surface area contributed by atoms with Gasteiger partial charge in [-0.15, -0.1) is 11.8 Å². The monoisotopic (exact) mass is 251 g/mol. The van der Waals surface area contributed by atoms with Crippen LogP contribution in [0.15, 0.2) is 23.1 Å². The number of rotatable bonds is 4. The smallest absolute Gasteiger partial charge is 0.257 e. The SMILES string of the molecule is CC(C)CCSc1ccc2c(c1)NC(=O)C2O. The Balaban J connectivity index is 2.03. The van der Waals surface area contributed by atoms with E-state index in [0.717, 1.165) is 16.3 Å². The second-order valence-electron chi connectivity index (χ2n) is 4.67. The van der Waals surface area contributed by atoms with Crippen LogP contribution in [0.4, 0.5) is 5.69 Å². The summed E-state index contributed by atoms with van der Waals surface area (Å²) in [5.74, 6) is 1.45.